The van der Waals surface area contributed by atoms with E-state index in [2.05, 4.69) is 21.4 Å². The second kappa shape index (κ2) is 10.2. The molecule has 35 heavy (non-hydrogen) atoms. The van der Waals surface area contributed by atoms with Crippen LogP contribution < -0.4 is 26.2 Å². The Bertz CT molecular complexity index is 1300. The van der Waals surface area contributed by atoms with Gasteiger partial charge in [-0.05, 0) is 62.1 Å². The number of nitrogen functional groups attached to an aromatic ring is 1. The van der Waals surface area contributed by atoms with E-state index >= 15 is 0 Å². The van der Waals surface area contributed by atoms with Crippen molar-refractivity contribution in [3.63, 3.8) is 0 Å². The molecule has 3 heterocycles. The Balaban J connectivity index is 1.56. The molecule has 1 amide bonds. The number of amides is 1. The number of methoxy groups -OCH3 is 1. The van der Waals surface area contributed by atoms with Gasteiger partial charge in [0.15, 0.2) is 0 Å². The highest BCUT2D eigenvalue weighted by Gasteiger charge is 2.31. The lowest BCUT2D eigenvalue weighted by Crippen LogP contribution is -2.38. The highest BCUT2D eigenvalue weighted by molar-refractivity contribution is 5.81. The van der Waals surface area contributed by atoms with Crippen LogP contribution in [0.2, 0.25) is 0 Å². The summed E-state index contributed by atoms with van der Waals surface area (Å²) < 4.78 is 6.95. The van der Waals surface area contributed by atoms with Crippen LogP contribution in [0.3, 0.4) is 0 Å². The fraction of sp³-hybridized carbons (Fsp3) is 0.385. The van der Waals surface area contributed by atoms with Gasteiger partial charge in [0.2, 0.25) is 5.91 Å². The molecule has 0 radical (unpaired) electrons. The van der Waals surface area contributed by atoms with E-state index < -0.39 is 6.04 Å². The van der Waals surface area contributed by atoms with Crippen LogP contribution in [0.1, 0.15) is 47.6 Å². The van der Waals surface area contributed by atoms with Crippen molar-refractivity contribution >= 4 is 17.4 Å². The molecule has 3 N–H and O–H groups in total. The maximum Gasteiger partial charge on any atom is 0.277 e. The molecule has 3 aromatic rings. The Morgan fingerprint density at radius 3 is 2.80 bits per heavy atom. The lowest BCUT2D eigenvalue weighted by atomic mass is 10.1. The molecular formula is C26H32N6O3. The topological polar surface area (TPSA) is 115 Å². The summed E-state index contributed by atoms with van der Waals surface area (Å²) in [6, 6.07) is 8.99. The predicted molar refractivity (Wildman–Crippen MR) is 136 cm³/mol. The fourth-order valence-corrected chi connectivity index (χ4v) is 4.58. The van der Waals surface area contributed by atoms with Crippen LogP contribution in [0.5, 0.6) is 5.75 Å². The summed E-state index contributed by atoms with van der Waals surface area (Å²) >= 11 is 0. The van der Waals surface area contributed by atoms with Crippen LogP contribution in [-0.2, 0) is 24.3 Å². The standard InChI is InChI=1S/C26H32N6O3/c1-5-31(15-18-10-16(2)11-20(12-18)35-4)22-14-28-24-9-7-21(32(24)26(22)34)25(33)29-13-19-6-8-23(27)30-17(19)3/h6,8,10-12,14,21H,5,7,9,13,15H2,1-4H3,(H2,27,30)(H,29,33). The van der Waals surface area contributed by atoms with E-state index in [0.717, 1.165) is 28.1 Å². The number of nitrogens with one attached hydrogen (secondary N) is 1. The number of hydrogen-bond donors (Lipinski definition) is 2. The van der Waals surface area contributed by atoms with Crippen molar-refractivity contribution in [2.45, 2.75) is 52.7 Å². The number of fused-ring (bicyclic) bond motifs is 1. The Morgan fingerprint density at radius 1 is 1.29 bits per heavy atom. The van der Waals surface area contributed by atoms with Crippen molar-refractivity contribution in [3.8, 4) is 5.75 Å². The van der Waals surface area contributed by atoms with Gasteiger partial charge in [0.1, 0.15) is 29.1 Å². The zero-order chi connectivity index (χ0) is 25.1. The summed E-state index contributed by atoms with van der Waals surface area (Å²) in [7, 11) is 1.64. The third-order valence-electron chi connectivity index (χ3n) is 6.42. The molecule has 1 aliphatic rings. The maximum atomic E-state index is 13.6. The molecule has 2 aromatic heterocycles. The number of hydrogen-bond acceptors (Lipinski definition) is 7. The number of anilines is 2. The molecule has 9 nitrogen and oxygen atoms in total. The number of benzene rings is 1. The number of carbonyl (C=O) groups excluding carboxylic acids is 1. The van der Waals surface area contributed by atoms with E-state index in [1.807, 2.05) is 43.9 Å². The third-order valence-corrected chi connectivity index (χ3v) is 6.42. The molecule has 0 spiro atoms. The van der Waals surface area contributed by atoms with Gasteiger partial charge in [-0.2, -0.15) is 0 Å². The summed E-state index contributed by atoms with van der Waals surface area (Å²) in [4.78, 5) is 37.4. The van der Waals surface area contributed by atoms with E-state index in [4.69, 9.17) is 10.5 Å². The Hall–Kier alpha value is -3.88. The molecule has 0 bridgehead atoms. The molecule has 184 valence electrons. The van der Waals surface area contributed by atoms with Crippen LogP contribution in [0.15, 0.2) is 41.3 Å². The van der Waals surface area contributed by atoms with Gasteiger partial charge in [0.25, 0.3) is 5.56 Å². The molecule has 4 rings (SSSR count). The van der Waals surface area contributed by atoms with Crippen LogP contribution in [0, 0.1) is 13.8 Å². The minimum atomic E-state index is -0.593. The summed E-state index contributed by atoms with van der Waals surface area (Å²) in [5.41, 5.74) is 9.78. The molecule has 1 unspecified atom stereocenters. The second-order valence-corrected chi connectivity index (χ2v) is 8.86. The average molecular weight is 477 g/mol. The Labute approximate surface area is 205 Å². The first-order chi connectivity index (χ1) is 16.8. The molecule has 1 aliphatic heterocycles. The van der Waals surface area contributed by atoms with E-state index in [9.17, 15) is 9.59 Å². The van der Waals surface area contributed by atoms with Crippen molar-refractivity contribution < 1.29 is 9.53 Å². The SMILES string of the molecule is CCN(Cc1cc(C)cc(OC)c1)c1cnc2n(c1=O)C(C(=O)NCc1ccc(N)nc1C)CC2. The third kappa shape index (κ3) is 5.13. The van der Waals surface area contributed by atoms with E-state index in [-0.39, 0.29) is 11.5 Å². The fourth-order valence-electron chi connectivity index (χ4n) is 4.58. The van der Waals surface area contributed by atoms with Crippen molar-refractivity contribution in [1.29, 1.82) is 0 Å². The van der Waals surface area contributed by atoms with Crippen molar-refractivity contribution in [2.75, 3.05) is 24.3 Å². The largest absolute Gasteiger partial charge is 0.497 e. The van der Waals surface area contributed by atoms with Gasteiger partial charge in [0, 0.05) is 31.7 Å². The lowest BCUT2D eigenvalue weighted by molar-refractivity contribution is -0.124. The van der Waals surface area contributed by atoms with Crippen molar-refractivity contribution in [2.24, 2.45) is 0 Å². The summed E-state index contributed by atoms with van der Waals surface area (Å²) in [5.74, 6) is 1.66. The highest BCUT2D eigenvalue weighted by atomic mass is 16.5. The molecule has 0 saturated heterocycles. The average Bonchev–Trinajstić information content (AvgIpc) is 3.27. The van der Waals surface area contributed by atoms with Gasteiger partial charge in [0.05, 0.1) is 13.3 Å². The van der Waals surface area contributed by atoms with Crippen LogP contribution >= 0.6 is 0 Å². The van der Waals surface area contributed by atoms with Crippen LogP contribution in [-0.4, -0.2) is 34.1 Å². The zero-order valence-corrected chi connectivity index (χ0v) is 20.7. The summed E-state index contributed by atoms with van der Waals surface area (Å²) in [6.45, 7) is 7.34. The minimum absolute atomic E-state index is 0.195. The second-order valence-electron chi connectivity index (χ2n) is 8.86. The predicted octanol–water partition coefficient (Wildman–Crippen LogP) is 2.68. The Kier molecular flexibility index (Phi) is 7.04. The molecule has 1 atom stereocenters. The van der Waals surface area contributed by atoms with E-state index in [1.165, 1.54) is 0 Å². The first-order valence-corrected chi connectivity index (χ1v) is 11.8. The van der Waals surface area contributed by atoms with Crippen LogP contribution in [0.4, 0.5) is 11.5 Å². The molecule has 1 aromatic carbocycles. The molecule has 9 heteroatoms. The van der Waals surface area contributed by atoms with Crippen LogP contribution in [0.25, 0.3) is 0 Å². The number of ether oxygens (including phenoxy) is 1. The maximum absolute atomic E-state index is 13.6. The number of carbonyl (C=O) groups is 1. The van der Waals surface area contributed by atoms with Crippen molar-refractivity contribution in [3.05, 3.63) is 75.1 Å². The molecule has 0 fully saturated rings. The van der Waals surface area contributed by atoms with Gasteiger partial charge >= 0.3 is 0 Å². The van der Waals surface area contributed by atoms with Gasteiger partial charge in [-0.25, -0.2) is 9.97 Å². The summed E-state index contributed by atoms with van der Waals surface area (Å²) in [6.07, 6.45) is 2.75. The molecule has 0 saturated carbocycles. The number of nitrogens with zero attached hydrogens (tertiary/aromatic N) is 4. The highest BCUT2D eigenvalue weighted by Crippen LogP contribution is 2.25. The van der Waals surface area contributed by atoms with E-state index in [1.54, 1.807) is 23.9 Å². The first-order valence-electron chi connectivity index (χ1n) is 11.8. The summed E-state index contributed by atoms with van der Waals surface area (Å²) in [5, 5.41) is 2.96. The molecular weight excluding hydrogens is 444 g/mol. The number of aromatic nitrogens is 3. The quantitative estimate of drug-likeness (QED) is 0.514. The van der Waals surface area contributed by atoms with Gasteiger partial charge in [-0.3, -0.25) is 14.2 Å². The van der Waals surface area contributed by atoms with E-state index in [0.29, 0.717) is 49.8 Å². The number of pyridine rings is 1. The smallest absolute Gasteiger partial charge is 0.277 e. The van der Waals surface area contributed by atoms with Gasteiger partial charge < -0.3 is 20.7 Å². The molecule has 0 aliphatic carbocycles. The number of rotatable bonds is 8. The van der Waals surface area contributed by atoms with Crippen molar-refractivity contribution in [1.82, 2.24) is 19.9 Å². The normalized spacial score (nSPS) is 14.5. The zero-order valence-electron chi connectivity index (χ0n) is 20.7. The van der Waals surface area contributed by atoms with Gasteiger partial charge in [-0.1, -0.05) is 12.1 Å². The Morgan fingerprint density at radius 2 is 2.09 bits per heavy atom. The number of nitrogens with two attached hydrogens (primary N) is 1. The number of aryl methyl sites for hydroxylation is 3. The monoisotopic (exact) mass is 476 g/mol. The minimum Gasteiger partial charge on any atom is -0.497 e. The lowest BCUT2D eigenvalue weighted by Gasteiger charge is -2.24. The first kappa shape index (κ1) is 24.3. The van der Waals surface area contributed by atoms with Gasteiger partial charge in [-0.15, -0.1) is 0 Å².